The second-order valence-electron chi connectivity index (χ2n) is 8.34. The molecule has 2 saturated heterocycles. The number of hydrogen-bond acceptors (Lipinski definition) is 3. The van der Waals surface area contributed by atoms with Gasteiger partial charge in [-0.3, -0.25) is 4.90 Å². The van der Waals surface area contributed by atoms with Gasteiger partial charge in [-0.05, 0) is 47.0 Å². The molecule has 20 heavy (non-hydrogen) atoms. The molecule has 1 unspecified atom stereocenters. The van der Waals surface area contributed by atoms with Crippen LogP contribution in [0, 0.1) is 0 Å². The van der Waals surface area contributed by atoms with Gasteiger partial charge in [0, 0.05) is 31.2 Å². The van der Waals surface area contributed by atoms with Crippen LogP contribution in [0.2, 0.25) is 0 Å². The van der Waals surface area contributed by atoms with Crippen molar-refractivity contribution in [2.24, 2.45) is 0 Å². The maximum absolute atomic E-state index is 6.37. The molecule has 0 aromatic carbocycles. The van der Waals surface area contributed by atoms with Crippen LogP contribution in [0.5, 0.6) is 0 Å². The average molecular weight is 280 g/mol. The van der Waals surface area contributed by atoms with Crippen molar-refractivity contribution in [3.05, 3.63) is 0 Å². The number of piperazine rings is 1. The summed E-state index contributed by atoms with van der Waals surface area (Å²) in [5.41, 5.74) is 0.405. The monoisotopic (exact) mass is 280 g/mol. The Kier molecular flexibility index (Phi) is 3.67. The lowest BCUT2D eigenvalue weighted by atomic mass is 9.76. The first-order chi connectivity index (χ1) is 9.35. The highest BCUT2D eigenvalue weighted by molar-refractivity contribution is 5.08. The number of hydrogen-bond donors (Lipinski definition) is 1. The zero-order valence-electron chi connectivity index (χ0n) is 13.8. The minimum atomic E-state index is -0.0225. The second kappa shape index (κ2) is 4.96. The Morgan fingerprint density at radius 1 is 1.05 bits per heavy atom. The van der Waals surface area contributed by atoms with E-state index in [2.05, 4.69) is 37.9 Å². The molecule has 1 saturated carbocycles. The fourth-order valence-corrected chi connectivity index (χ4v) is 5.04. The smallest absolute Gasteiger partial charge is 0.0789 e. The molecule has 2 aliphatic heterocycles. The number of ether oxygens (including phenoxy) is 1. The summed E-state index contributed by atoms with van der Waals surface area (Å²) < 4.78 is 6.37. The van der Waals surface area contributed by atoms with Crippen LogP contribution < -0.4 is 5.32 Å². The van der Waals surface area contributed by atoms with E-state index in [0.717, 1.165) is 6.54 Å². The first-order valence-corrected chi connectivity index (χ1v) is 8.52. The highest BCUT2D eigenvalue weighted by Gasteiger charge is 2.53. The molecule has 3 nitrogen and oxygen atoms in total. The van der Waals surface area contributed by atoms with Crippen molar-refractivity contribution in [1.82, 2.24) is 10.2 Å². The molecular formula is C17H32N2O. The molecule has 3 rings (SSSR count). The molecular weight excluding hydrogens is 248 g/mol. The molecule has 2 heterocycles. The van der Waals surface area contributed by atoms with Gasteiger partial charge in [0.05, 0.1) is 11.2 Å². The predicted molar refractivity (Wildman–Crippen MR) is 83.0 cm³/mol. The van der Waals surface area contributed by atoms with Crippen LogP contribution in [-0.4, -0.2) is 47.3 Å². The summed E-state index contributed by atoms with van der Waals surface area (Å²) in [6.07, 6.45) is 8.12. The van der Waals surface area contributed by atoms with Gasteiger partial charge in [-0.2, -0.15) is 0 Å². The summed E-state index contributed by atoms with van der Waals surface area (Å²) in [6.45, 7) is 12.6. The van der Waals surface area contributed by atoms with Crippen LogP contribution >= 0.6 is 0 Å². The lowest BCUT2D eigenvalue weighted by Crippen LogP contribution is -2.67. The third-order valence-electron chi connectivity index (χ3n) is 5.78. The molecule has 1 spiro atoms. The minimum absolute atomic E-state index is 0.0225. The Bertz CT molecular complexity index is 350. The molecule has 0 radical (unpaired) electrons. The highest BCUT2D eigenvalue weighted by atomic mass is 16.5. The van der Waals surface area contributed by atoms with Gasteiger partial charge in [-0.15, -0.1) is 0 Å². The van der Waals surface area contributed by atoms with E-state index in [1.807, 2.05) is 0 Å². The number of rotatable bonds is 1. The normalized spacial score (nSPS) is 36.3. The van der Waals surface area contributed by atoms with Gasteiger partial charge in [0.1, 0.15) is 0 Å². The maximum atomic E-state index is 6.37. The van der Waals surface area contributed by atoms with E-state index in [1.54, 1.807) is 0 Å². The van der Waals surface area contributed by atoms with Crippen LogP contribution in [0.3, 0.4) is 0 Å². The van der Waals surface area contributed by atoms with Gasteiger partial charge >= 0.3 is 0 Å². The quantitative estimate of drug-likeness (QED) is 0.799. The van der Waals surface area contributed by atoms with Crippen molar-refractivity contribution >= 4 is 0 Å². The van der Waals surface area contributed by atoms with Gasteiger partial charge in [-0.25, -0.2) is 0 Å². The Labute approximate surface area is 124 Å². The van der Waals surface area contributed by atoms with Crippen LogP contribution in [0.4, 0.5) is 0 Å². The van der Waals surface area contributed by atoms with Crippen molar-refractivity contribution in [2.75, 3.05) is 19.6 Å². The molecule has 1 atom stereocenters. The zero-order valence-corrected chi connectivity index (χ0v) is 13.8. The Hall–Kier alpha value is -0.120. The standard InChI is InChI=1S/C17H32N2O/c1-15(2)12-14(16(3,4)20-15)19-11-10-18-13-17(19)8-6-5-7-9-17/h14,18H,5-13H2,1-4H3. The Balaban J connectivity index is 1.86. The largest absolute Gasteiger partial charge is 0.368 e. The van der Waals surface area contributed by atoms with E-state index < -0.39 is 0 Å². The molecule has 3 aliphatic rings. The minimum Gasteiger partial charge on any atom is -0.368 e. The Morgan fingerprint density at radius 3 is 2.35 bits per heavy atom. The van der Waals surface area contributed by atoms with E-state index in [4.69, 9.17) is 4.74 Å². The molecule has 0 amide bonds. The van der Waals surface area contributed by atoms with E-state index >= 15 is 0 Å². The fraction of sp³-hybridized carbons (Fsp3) is 1.00. The van der Waals surface area contributed by atoms with E-state index in [0.29, 0.717) is 11.6 Å². The van der Waals surface area contributed by atoms with Crippen LogP contribution in [0.1, 0.15) is 66.2 Å². The van der Waals surface area contributed by atoms with E-state index in [-0.39, 0.29) is 11.2 Å². The third-order valence-corrected chi connectivity index (χ3v) is 5.78. The SMILES string of the molecule is CC1(C)CC(N2CCNCC23CCCCC3)C(C)(C)O1. The summed E-state index contributed by atoms with van der Waals surface area (Å²) in [4.78, 5) is 2.84. The van der Waals surface area contributed by atoms with Crippen LogP contribution in [0.15, 0.2) is 0 Å². The Morgan fingerprint density at radius 2 is 1.75 bits per heavy atom. The fourth-order valence-electron chi connectivity index (χ4n) is 5.04. The molecule has 0 aromatic rings. The predicted octanol–water partition coefficient (Wildman–Crippen LogP) is 2.94. The van der Waals surface area contributed by atoms with Crippen molar-refractivity contribution in [3.63, 3.8) is 0 Å². The van der Waals surface area contributed by atoms with Crippen LogP contribution in [-0.2, 0) is 4.74 Å². The van der Waals surface area contributed by atoms with Gasteiger partial charge in [0.25, 0.3) is 0 Å². The molecule has 1 aliphatic carbocycles. The van der Waals surface area contributed by atoms with E-state index in [9.17, 15) is 0 Å². The summed E-state index contributed by atoms with van der Waals surface area (Å²) in [7, 11) is 0. The molecule has 3 heteroatoms. The van der Waals surface area contributed by atoms with Crippen molar-refractivity contribution < 1.29 is 4.74 Å². The topological polar surface area (TPSA) is 24.5 Å². The number of nitrogens with zero attached hydrogens (tertiary/aromatic N) is 1. The lowest BCUT2D eigenvalue weighted by molar-refractivity contribution is -0.101. The van der Waals surface area contributed by atoms with Gasteiger partial charge in [-0.1, -0.05) is 19.3 Å². The van der Waals surface area contributed by atoms with Crippen molar-refractivity contribution in [3.8, 4) is 0 Å². The van der Waals surface area contributed by atoms with E-state index in [1.165, 1.54) is 51.6 Å². The lowest BCUT2D eigenvalue weighted by Gasteiger charge is -2.54. The summed E-state index contributed by atoms with van der Waals surface area (Å²) in [5, 5.41) is 3.66. The molecule has 0 bridgehead atoms. The third kappa shape index (κ3) is 2.53. The molecule has 0 aromatic heterocycles. The molecule has 1 N–H and O–H groups in total. The van der Waals surface area contributed by atoms with Crippen LogP contribution in [0.25, 0.3) is 0 Å². The maximum Gasteiger partial charge on any atom is 0.0789 e. The summed E-state index contributed by atoms with van der Waals surface area (Å²) in [6, 6.07) is 0.567. The summed E-state index contributed by atoms with van der Waals surface area (Å²) in [5.74, 6) is 0. The van der Waals surface area contributed by atoms with Crippen molar-refractivity contribution in [2.45, 2.75) is 89.0 Å². The van der Waals surface area contributed by atoms with Crippen molar-refractivity contribution in [1.29, 1.82) is 0 Å². The second-order valence-corrected chi connectivity index (χ2v) is 8.34. The summed E-state index contributed by atoms with van der Waals surface area (Å²) >= 11 is 0. The van der Waals surface area contributed by atoms with Gasteiger partial charge in [0.15, 0.2) is 0 Å². The van der Waals surface area contributed by atoms with Gasteiger partial charge < -0.3 is 10.1 Å². The first-order valence-electron chi connectivity index (χ1n) is 8.52. The molecule has 3 fully saturated rings. The first kappa shape index (κ1) is 14.8. The average Bonchev–Trinajstić information content (AvgIpc) is 2.59. The van der Waals surface area contributed by atoms with Gasteiger partial charge in [0.2, 0.25) is 0 Å². The molecule has 116 valence electrons. The number of nitrogens with one attached hydrogen (secondary N) is 1. The zero-order chi connectivity index (χ0) is 14.4. The highest BCUT2D eigenvalue weighted by Crippen LogP contribution is 2.45.